The SMILES string of the molecule is CCOC(=O)N1CC[NH+]([C@@H](C)C(=O)Nc2c(F)cccc2F)CC1. The fourth-order valence-corrected chi connectivity index (χ4v) is 2.66. The van der Waals surface area contributed by atoms with E-state index in [4.69, 9.17) is 4.74 Å². The van der Waals surface area contributed by atoms with Crippen molar-refractivity contribution in [1.82, 2.24) is 4.90 Å². The maximum Gasteiger partial charge on any atom is 0.410 e. The predicted molar refractivity (Wildman–Crippen MR) is 83.7 cm³/mol. The Balaban J connectivity index is 1.92. The van der Waals surface area contributed by atoms with Crippen LogP contribution >= 0.6 is 0 Å². The quantitative estimate of drug-likeness (QED) is 0.845. The van der Waals surface area contributed by atoms with Crippen LogP contribution in [0.1, 0.15) is 13.8 Å². The zero-order valence-electron chi connectivity index (χ0n) is 13.8. The fourth-order valence-electron chi connectivity index (χ4n) is 2.66. The number of hydrogen-bond donors (Lipinski definition) is 2. The summed E-state index contributed by atoms with van der Waals surface area (Å²) in [5.41, 5.74) is -0.432. The Morgan fingerprint density at radius 3 is 2.42 bits per heavy atom. The molecule has 0 spiro atoms. The lowest BCUT2D eigenvalue weighted by atomic mass is 10.2. The minimum absolute atomic E-state index is 0.318. The van der Waals surface area contributed by atoms with Gasteiger partial charge in [0.05, 0.1) is 32.8 Å². The van der Waals surface area contributed by atoms with Crippen LogP contribution in [0, 0.1) is 11.6 Å². The molecule has 1 heterocycles. The molecule has 1 aliphatic rings. The van der Waals surface area contributed by atoms with Gasteiger partial charge in [-0.05, 0) is 26.0 Å². The van der Waals surface area contributed by atoms with Gasteiger partial charge in [0.1, 0.15) is 17.3 Å². The van der Waals surface area contributed by atoms with E-state index >= 15 is 0 Å². The van der Waals surface area contributed by atoms with Crippen LogP contribution in [0.2, 0.25) is 0 Å². The molecule has 1 saturated heterocycles. The average Bonchev–Trinajstić information content (AvgIpc) is 2.58. The van der Waals surface area contributed by atoms with Gasteiger partial charge in [-0.2, -0.15) is 0 Å². The van der Waals surface area contributed by atoms with Gasteiger partial charge in [0.15, 0.2) is 6.04 Å². The maximum atomic E-state index is 13.6. The first-order valence-corrected chi connectivity index (χ1v) is 7.95. The Hall–Kier alpha value is -2.22. The average molecular weight is 342 g/mol. The first kappa shape index (κ1) is 18.1. The molecule has 2 amide bonds. The third-order valence-corrected chi connectivity index (χ3v) is 4.15. The number of quaternary nitrogens is 1. The number of rotatable bonds is 4. The number of para-hydroxylation sites is 1. The van der Waals surface area contributed by atoms with Crippen molar-refractivity contribution in [3.05, 3.63) is 29.8 Å². The monoisotopic (exact) mass is 342 g/mol. The Morgan fingerprint density at radius 1 is 1.29 bits per heavy atom. The van der Waals surface area contributed by atoms with E-state index in [2.05, 4.69) is 5.32 Å². The standard InChI is InChI=1S/C16H21F2N3O3/c1-3-24-16(23)21-9-7-20(8-10-21)11(2)15(22)19-14-12(17)5-4-6-13(14)18/h4-6,11H,3,7-10H2,1-2H3,(H,19,22)/p+1/t11-/m0/s1. The smallest absolute Gasteiger partial charge is 0.410 e. The second-order valence-electron chi connectivity index (χ2n) is 5.65. The second kappa shape index (κ2) is 8.05. The van der Waals surface area contributed by atoms with Crippen LogP contribution in [0.5, 0.6) is 0 Å². The summed E-state index contributed by atoms with van der Waals surface area (Å²) < 4.78 is 32.2. The molecule has 0 aliphatic carbocycles. The summed E-state index contributed by atoms with van der Waals surface area (Å²) in [4.78, 5) is 26.5. The molecule has 0 unspecified atom stereocenters. The lowest BCUT2D eigenvalue weighted by Gasteiger charge is -2.34. The lowest BCUT2D eigenvalue weighted by molar-refractivity contribution is -0.917. The highest BCUT2D eigenvalue weighted by Gasteiger charge is 2.31. The van der Waals surface area contributed by atoms with E-state index in [1.807, 2.05) is 0 Å². The van der Waals surface area contributed by atoms with Gasteiger partial charge in [-0.3, -0.25) is 9.69 Å². The number of piperazine rings is 1. The number of nitrogens with zero attached hydrogens (tertiary/aromatic N) is 1. The third kappa shape index (κ3) is 4.19. The molecule has 132 valence electrons. The number of hydrogen-bond acceptors (Lipinski definition) is 3. The topological polar surface area (TPSA) is 63.1 Å². The van der Waals surface area contributed by atoms with Crippen LogP contribution in [-0.4, -0.2) is 55.7 Å². The summed E-state index contributed by atoms with van der Waals surface area (Å²) in [5.74, 6) is -2.08. The second-order valence-corrected chi connectivity index (χ2v) is 5.65. The highest BCUT2D eigenvalue weighted by atomic mass is 19.1. The molecule has 1 atom stereocenters. The molecular formula is C16H22F2N3O3+. The summed E-state index contributed by atoms with van der Waals surface area (Å²) >= 11 is 0. The fraction of sp³-hybridized carbons (Fsp3) is 0.500. The molecule has 8 heteroatoms. The van der Waals surface area contributed by atoms with Gasteiger partial charge >= 0.3 is 6.09 Å². The summed E-state index contributed by atoms with van der Waals surface area (Å²) in [6.45, 7) is 5.83. The number of halogens is 2. The zero-order valence-corrected chi connectivity index (χ0v) is 13.8. The van der Waals surface area contributed by atoms with E-state index in [1.54, 1.807) is 18.7 Å². The molecule has 1 aliphatic heterocycles. The third-order valence-electron chi connectivity index (χ3n) is 4.15. The Bertz CT molecular complexity index is 584. The number of nitrogens with one attached hydrogen (secondary N) is 2. The van der Waals surface area contributed by atoms with Crippen molar-refractivity contribution in [2.75, 3.05) is 38.1 Å². The predicted octanol–water partition coefficient (Wildman–Crippen LogP) is 0.649. The highest BCUT2D eigenvalue weighted by molar-refractivity contribution is 5.93. The lowest BCUT2D eigenvalue weighted by Crippen LogP contribution is -3.19. The minimum Gasteiger partial charge on any atom is -0.450 e. The van der Waals surface area contributed by atoms with Gasteiger partial charge < -0.3 is 15.0 Å². The molecule has 2 rings (SSSR count). The molecule has 1 aromatic rings. The van der Waals surface area contributed by atoms with E-state index in [0.29, 0.717) is 32.8 Å². The van der Waals surface area contributed by atoms with Gasteiger partial charge in [0, 0.05) is 0 Å². The van der Waals surface area contributed by atoms with E-state index in [-0.39, 0.29) is 6.09 Å². The number of anilines is 1. The van der Waals surface area contributed by atoms with Crippen LogP contribution < -0.4 is 10.2 Å². The summed E-state index contributed by atoms with van der Waals surface area (Å²) in [6.07, 6.45) is -0.359. The van der Waals surface area contributed by atoms with E-state index in [1.165, 1.54) is 6.07 Å². The molecule has 2 N–H and O–H groups in total. The largest absolute Gasteiger partial charge is 0.450 e. The summed E-state index contributed by atoms with van der Waals surface area (Å²) in [5, 5.41) is 2.31. The van der Waals surface area contributed by atoms with Crippen molar-refractivity contribution in [3.63, 3.8) is 0 Å². The molecule has 24 heavy (non-hydrogen) atoms. The Morgan fingerprint density at radius 2 is 1.88 bits per heavy atom. The first-order chi connectivity index (χ1) is 11.4. The van der Waals surface area contributed by atoms with Crippen molar-refractivity contribution in [2.24, 2.45) is 0 Å². The molecule has 1 aromatic carbocycles. The van der Waals surface area contributed by atoms with Crippen molar-refractivity contribution < 1.29 is 28.0 Å². The van der Waals surface area contributed by atoms with Gasteiger partial charge in [0.25, 0.3) is 5.91 Å². The van der Waals surface area contributed by atoms with Gasteiger partial charge in [-0.25, -0.2) is 13.6 Å². The molecular weight excluding hydrogens is 320 g/mol. The molecule has 1 fully saturated rings. The van der Waals surface area contributed by atoms with Gasteiger partial charge in [-0.1, -0.05) is 6.07 Å². The Labute approximate surface area is 139 Å². The number of amides is 2. The first-order valence-electron chi connectivity index (χ1n) is 7.95. The normalized spacial score (nSPS) is 16.6. The minimum atomic E-state index is -0.808. The number of ether oxygens (including phenoxy) is 1. The van der Waals surface area contributed by atoms with Crippen LogP contribution in [-0.2, 0) is 9.53 Å². The Kier molecular flexibility index (Phi) is 6.08. The van der Waals surface area contributed by atoms with E-state index in [9.17, 15) is 18.4 Å². The highest BCUT2D eigenvalue weighted by Crippen LogP contribution is 2.17. The van der Waals surface area contributed by atoms with Gasteiger partial charge in [0.2, 0.25) is 0 Å². The summed E-state index contributed by atoms with van der Waals surface area (Å²) in [7, 11) is 0. The number of benzene rings is 1. The van der Waals surface area contributed by atoms with Crippen molar-refractivity contribution in [3.8, 4) is 0 Å². The summed E-state index contributed by atoms with van der Waals surface area (Å²) in [6, 6.07) is 2.93. The van der Waals surface area contributed by atoms with Crippen LogP contribution in [0.15, 0.2) is 18.2 Å². The van der Waals surface area contributed by atoms with E-state index in [0.717, 1.165) is 17.0 Å². The van der Waals surface area contributed by atoms with Crippen LogP contribution in [0.25, 0.3) is 0 Å². The molecule has 0 saturated carbocycles. The number of carbonyl (C=O) groups is 2. The molecule has 0 radical (unpaired) electrons. The zero-order chi connectivity index (χ0) is 17.7. The van der Waals surface area contributed by atoms with Crippen molar-refractivity contribution >= 4 is 17.7 Å². The maximum absolute atomic E-state index is 13.6. The number of carbonyl (C=O) groups excluding carboxylic acids is 2. The van der Waals surface area contributed by atoms with Gasteiger partial charge in [-0.15, -0.1) is 0 Å². The van der Waals surface area contributed by atoms with Crippen molar-refractivity contribution in [1.29, 1.82) is 0 Å². The molecule has 0 aromatic heterocycles. The van der Waals surface area contributed by atoms with Crippen molar-refractivity contribution in [2.45, 2.75) is 19.9 Å². The van der Waals surface area contributed by atoms with Crippen LogP contribution in [0.3, 0.4) is 0 Å². The molecule has 6 nitrogen and oxygen atoms in total. The van der Waals surface area contributed by atoms with Crippen LogP contribution in [0.4, 0.5) is 19.3 Å². The molecule has 0 bridgehead atoms. The van der Waals surface area contributed by atoms with E-state index < -0.39 is 29.3 Å².